The second-order valence-corrected chi connectivity index (χ2v) is 7.22. The molecule has 2 aromatic rings. The van der Waals surface area contributed by atoms with E-state index in [4.69, 9.17) is 4.99 Å². The van der Waals surface area contributed by atoms with E-state index in [-0.39, 0.29) is 24.0 Å². The van der Waals surface area contributed by atoms with Gasteiger partial charge < -0.3 is 15.3 Å². The van der Waals surface area contributed by atoms with Crippen LogP contribution in [0.25, 0.3) is 0 Å². The fourth-order valence-corrected chi connectivity index (χ4v) is 3.82. The van der Waals surface area contributed by atoms with Gasteiger partial charge in [0.2, 0.25) is 0 Å². The number of benzene rings is 1. The van der Waals surface area contributed by atoms with Crippen LogP contribution in [0.4, 0.5) is 0 Å². The molecule has 0 aliphatic carbocycles. The molecule has 0 spiro atoms. The molecule has 3 atom stereocenters. The van der Waals surface area contributed by atoms with Gasteiger partial charge in [-0.15, -0.1) is 24.0 Å². The van der Waals surface area contributed by atoms with Gasteiger partial charge in [-0.3, -0.25) is 9.98 Å². The number of hydrogen-bond donors (Lipinski definition) is 2. The molecule has 1 aromatic carbocycles. The molecule has 1 fully saturated rings. The first-order chi connectivity index (χ1) is 13.2. The lowest BCUT2D eigenvalue weighted by atomic mass is 9.82. The van der Waals surface area contributed by atoms with E-state index in [1.807, 2.05) is 12.1 Å². The van der Waals surface area contributed by atoms with Gasteiger partial charge in [0, 0.05) is 32.0 Å². The summed E-state index contributed by atoms with van der Waals surface area (Å²) in [7, 11) is 0. The summed E-state index contributed by atoms with van der Waals surface area (Å²) >= 11 is 0. The Kier molecular flexibility index (Phi) is 9.18. The number of piperidine rings is 1. The van der Waals surface area contributed by atoms with Gasteiger partial charge in [-0.25, -0.2) is 0 Å². The van der Waals surface area contributed by atoms with Crippen molar-refractivity contribution in [2.75, 3.05) is 26.2 Å². The number of halogens is 1. The summed E-state index contributed by atoms with van der Waals surface area (Å²) in [5, 5.41) is 13.8. The van der Waals surface area contributed by atoms with Crippen molar-refractivity contribution >= 4 is 29.9 Å². The maximum atomic E-state index is 10.4. The molecule has 1 saturated heterocycles. The van der Waals surface area contributed by atoms with E-state index in [1.54, 1.807) is 12.4 Å². The standard InChI is InChI=1S/C22H30N4O.HI/c1-3-24-22(25-15-21(27)19-9-12-23-13-10-19)26-14-11-20(17(2)16-26)18-7-5-4-6-8-18;/h4-10,12-13,17,20-21,27H,3,11,14-16H2,1-2H3,(H,24,25);1H. The SMILES string of the molecule is CCNC(=NCC(O)c1ccncc1)N1CCC(c2ccccc2)C(C)C1.I. The van der Waals surface area contributed by atoms with Crippen molar-refractivity contribution in [3.8, 4) is 0 Å². The summed E-state index contributed by atoms with van der Waals surface area (Å²) in [6.07, 6.45) is 3.90. The third-order valence-electron chi connectivity index (χ3n) is 5.27. The van der Waals surface area contributed by atoms with E-state index in [1.165, 1.54) is 5.56 Å². The molecule has 0 radical (unpaired) electrons. The van der Waals surface area contributed by atoms with Gasteiger partial charge in [-0.2, -0.15) is 0 Å². The van der Waals surface area contributed by atoms with Crippen molar-refractivity contribution in [1.29, 1.82) is 0 Å². The molecular formula is C22H31IN4O. The van der Waals surface area contributed by atoms with Gasteiger partial charge in [0.05, 0.1) is 12.6 Å². The molecule has 2 heterocycles. The van der Waals surface area contributed by atoms with Gasteiger partial charge in [0.15, 0.2) is 5.96 Å². The predicted octanol–water partition coefficient (Wildman–Crippen LogP) is 3.82. The largest absolute Gasteiger partial charge is 0.386 e. The number of aliphatic imine (C=N–C) groups is 1. The quantitative estimate of drug-likeness (QED) is 0.377. The molecule has 3 rings (SSSR count). The first-order valence-corrected chi connectivity index (χ1v) is 9.85. The fourth-order valence-electron chi connectivity index (χ4n) is 3.82. The van der Waals surface area contributed by atoms with Crippen molar-refractivity contribution in [2.45, 2.75) is 32.3 Å². The number of hydrogen-bond acceptors (Lipinski definition) is 3. The third kappa shape index (κ3) is 5.91. The van der Waals surface area contributed by atoms with Crippen LogP contribution in [0.5, 0.6) is 0 Å². The monoisotopic (exact) mass is 494 g/mol. The highest BCUT2D eigenvalue weighted by molar-refractivity contribution is 14.0. The number of guanidine groups is 1. The smallest absolute Gasteiger partial charge is 0.194 e. The first-order valence-electron chi connectivity index (χ1n) is 9.85. The van der Waals surface area contributed by atoms with Crippen molar-refractivity contribution in [2.24, 2.45) is 10.9 Å². The van der Waals surface area contributed by atoms with E-state index in [9.17, 15) is 5.11 Å². The summed E-state index contributed by atoms with van der Waals surface area (Å²) < 4.78 is 0. The number of aliphatic hydroxyl groups is 1. The van der Waals surface area contributed by atoms with Crippen molar-refractivity contribution < 1.29 is 5.11 Å². The van der Waals surface area contributed by atoms with Gasteiger partial charge in [0.1, 0.15) is 0 Å². The van der Waals surface area contributed by atoms with Crippen LogP contribution in [-0.2, 0) is 0 Å². The Bertz CT molecular complexity index is 726. The lowest BCUT2D eigenvalue weighted by Crippen LogP contribution is -2.48. The molecule has 28 heavy (non-hydrogen) atoms. The summed E-state index contributed by atoms with van der Waals surface area (Å²) in [5.41, 5.74) is 2.28. The molecular weight excluding hydrogens is 463 g/mol. The second kappa shape index (κ2) is 11.4. The number of nitrogens with zero attached hydrogens (tertiary/aromatic N) is 3. The molecule has 0 amide bonds. The Hall–Kier alpha value is -1.67. The molecule has 1 aliphatic heterocycles. The van der Waals surface area contributed by atoms with Crippen LogP contribution in [0, 0.1) is 5.92 Å². The maximum Gasteiger partial charge on any atom is 0.194 e. The van der Waals surface area contributed by atoms with Gasteiger partial charge in [-0.1, -0.05) is 37.3 Å². The zero-order chi connectivity index (χ0) is 19.1. The van der Waals surface area contributed by atoms with Crippen LogP contribution >= 0.6 is 24.0 Å². The third-order valence-corrected chi connectivity index (χ3v) is 5.27. The van der Waals surface area contributed by atoms with E-state index in [2.05, 4.69) is 59.4 Å². The summed E-state index contributed by atoms with van der Waals surface area (Å²) in [4.78, 5) is 11.0. The van der Waals surface area contributed by atoms with Gasteiger partial charge in [0.25, 0.3) is 0 Å². The molecule has 2 N–H and O–H groups in total. The minimum atomic E-state index is -0.610. The minimum absolute atomic E-state index is 0. The summed E-state index contributed by atoms with van der Waals surface area (Å²) in [6, 6.07) is 14.5. The normalized spacial score (nSPS) is 21.0. The highest BCUT2D eigenvalue weighted by Crippen LogP contribution is 2.32. The molecule has 152 valence electrons. The predicted molar refractivity (Wildman–Crippen MR) is 125 cm³/mol. The number of nitrogens with one attached hydrogen (secondary N) is 1. The molecule has 1 aliphatic rings. The number of aromatic nitrogens is 1. The average Bonchev–Trinajstić information content (AvgIpc) is 2.72. The summed E-state index contributed by atoms with van der Waals surface area (Å²) in [5.74, 6) is 2.03. The summed E-state index contributed by atoms with van der Waals surface area (Å²) in [6.45, 7) is 7.50. The van der Waals surface area contributed by atoms with E-state index in [0.29, 0.717) is 18.4 Å². The van der Waals surface area contributed by atoms with Crippen molar-refractivity contribution in [3.63, 3.8) is 0 Å². The number of pyridine rings is 1. The zero-order valence-corrected chi connectivity index (χ0v) is 19.0. The fraction of sp³-hybridized carbons (Fsp3) is 0.455. The van der Waals surface area contributed by atoms with Crippen LogP contribution in [0.3, 0.4) is 0 Å². The first kappa shape index (κ1) is 22.6. The minimum Gasteiger partial charge on any atom is -0.386 e. The number of rotatable bonds is 5. The zero-order valence-electron chi connectivity index (χ0n) is 16.7. The lowest BCUT2D eigenvalue weighted by molar-refractivity contribution is 0.185. The average molecular weight is 494 g/mol. The van der Waals surface area contributed by atoms with Crippen molar-refractivity contribution in [3.05, 3.63) is 66.0 Å². The van der Waals surface area contributed by atoms with Gasteiger partial charge in [-0.05, 0) is 48.4 Å². The maximum absolute atomic E-state index is 10.4. The van der Waals surface area contributed by atoms with Crippen LogP contribution in [0.15, 0.2) is 59.9 Å². The van der Waals surface area contributed by atoms with E-state index < -0.39 is 6.10 Å². The molecule has 5 nitrogen and oxygen atoms in total. The Morgan fingerprint density at radius 3 is 2.61 bits per heavy atom. The molecule has 0 bridgehead atoms. The molecule has 3 unspecified atom stereocenters. The van der Waals surface area contributed by atoms with Crippen LogP contribution in [0.2, 0.25) is 0 Å². The highest BCUT2D eigenvalue weighted by atomic mass is 127. The van der Waals surface area contributed by atoms with E-state index >= 15 is 0 Å². The van der Waals surface area contributed by atoms with Crippen LogP contribution in [0.1, 0.15) is 43.4 Å². The van der Waals surface area contributed by atoms with E-state index in [0.717, 1.165) is 37.6 Å². The Morgan fingerprint density at radius 2 is 1.96 bits per heavy atom. The Labute approximate surface area is 185 Å². The second-order valence-electron chi connectivity index (χ2n) is 7.22. The lowest BCUT2D eigenvalue weighted by Gasteiger charge is -2.39. The molecule has 6 heteroatoms. The number of likely N-dealkylation sites (tertiary alicyclic amines) is 1. The van der Waals surface area contributed by atoms with Gasteiger partial charge >= 0.3 is 0 Å². The molecule has 0 saturated carbocycles. The topological polar surface area (TPSA) is 60.8 Å². The molecule has 1 aromatic heterocycles. The van der Waals surface area contributed by atoms with Crippen molar-refractivity contribution in [1.82, 2.24) is 15.2 Å². The Morgan fingerprint density at radius 1 is 1.25 bits per heavy atom. The Balaban J connectivity index is 0.00000280. The highest BCUT2D eigenvalue weighted by Gasteiger charge is 2.28. The van der Waals surface area contributed by atoms with Crippen LogP contribution < -0.4 is 5.32 Å². The van der Waals surface area contributed by atoms with Crippen LogP contribution in [-0.4, -0.2) is 47.1 Å². The number of aliphatic hydroxyl groups excluding tert-OH is 1.